The number of carbonyl (C=O) groups excluding carboxylic acids is 1. The van der Waals surface area contributed by atoms with Crippen molar-refractivity contribution in [3.05, 3.63) is 72.4 Å². The Morgan fingerprint density at radius 2 is 1.59 bits per heavy atom. The van der Waals surface area contributed by atoms with Gasteiger partial charge in [0.1, 0.15) is 29.0 Å². The minimum absolute atomic E-state index is 0.157. The summed E-state index contributed by atoms with van der Waals surface area (Å²) in [6.07, 6.45) is 1.65. The van der Waals surface area contributed by atoms with Gasteiger partial charge in [0.05, 0.1) is 5.69 Å². The molecule has 1 amide bonds. The van der Waals surface area contributed by atoms with Crippen LogP contribution in [0.25, 0.3) is 0 Å². The number of rotatable bonds is 5. The van der Waals surface area contributed by atoms with Gasteiger partial charge in [0.25, 0.3) is 0 Å². The Kier molecular flexibility index (Phi) is 5.45. The zero-order chi connectivity index (χ0) is 19.4. The number of anilines is 2. The lowest BCUT2D eigenvalue weighted by Gasteiger charge is -2.21. The number of aromatic nitrogens is 2. The van der Waals surface area contributed by atoms with Crippen LogP contribution in [0, 0.1) is 5.82 Å². The van der Waals surface area contributed by atoms with Crippen molar-refractivity contribution in [1.82, 2.24) is 9.97 Å². The molecule has 27 heavy (non-hydrogen) atoms. The van der Waals surface area contributed by atoms with E-state index in [0.29, 0.717) is 28.8 Å². The molecular weight excluding hydrogens is 345 g/mol. The molecule has 6 heteroatoms. The van der Waals surface area contributed by atoms with E-state index >= 15 is 0 Å². The normalized spacial score (nSPS) is 10.7. The minimum Gasteiger partial charge on any atom is -0.457 e. The van der Waals surface area contributed by atoms with Crippen LogP contribution in [0.5, 0.6) is 11.5 Å². The van der Waals surface area contributed by atoms with E-state index in [1.54, 1.807) is 48.7 Å². The summed E-state index contributed by atoms with van der Waals surface area (Å²) in [5.74, 6) is 1.99. The Balaban J connectivity index is 1.85. The fourth-order valence-electron chi connectivity index (χ4n) is 2.54. The molecule has 0 aliphatic carbocycles. The number of halogens is 1. The van der Waals surface area contributed by atoms with Gasteiger partial charge in [-0.2, -0.15) is 0 Å². The summed E-state index contributed by atoms with van der Waals surface area (Å²) in [6.45, 7) is 5.48. The largest absolute Gasteiger partial charge is 0.457 e. The molecule has 2 aromatic carbocycles. The zero-order valence-corrected chi connectivity index (χ0v) is 15.4. The molecule has 1 heterocycles. The standard InChI is InChI=1S/C21H20FN3O2/c1-14(2)21-23-13-12-20(24-21)25(15(3)26)17-6-10-19(11-7-17)27-18-8-4-16(22)5-9-18/h4-14H,1-3H3. The van der Waals surface area contributed by atoms with Gasteiger partial charge in [-0.25, -0.2) is 14.4 Å². The molecule has 0 bridgehead atoms. The van der Waals surface area contributed by atoms with Crippen molar-refractivity contribution in [3.63, 3.8) is 0 Å². The third kappa shape index (κ3) is 4.47. The first-order chi connectivity index (χ1) is 12.9. The molecule has 1 aromatic heterocycles. The Hall–Kier alpha value is -3.28. The topological polar surface area (TPSA) is 55.3 Å². The lowest BCUT2D eigenvalue weighted by Crippen LogP contribution is -2.24. The molecule has 0 fully saturated rings. The van der Waals surface area contributed by atoms with Gasteiger partial charge in [0, 0.05) is 19.0 Å². The third-order valence-electron chi connectivity index (χ3n) is 3.86. The lowest BCUT2D eigenvalue weighted by atomic mass is 10.2. The molecule has 3 aromatic rings. The van der Waals surface area contributed by atoms with Crippen molar-refractivity contribution in [2.45, 2.75) is 26.7 Å². The van der Waals surface area contributed by atoms with Gasteiger partial charge in [-0.3, -0.25) is 9.69 Å². The highest BCUT2D eigenvalue weighted by Gasteiger charge is 2.17. The van der Waals surface area contributed by atoms with E-state index in [9.17, 15) is 9.18 Å². The average Bonchev–Trinajstić information content (AvgIpc) is 2.65. The minimum atomic E-state index is -0.319. The van der Waals surface area contributed by atoms with E-state index in [2.05, 4.69) is 9.97 Å². The van der Waals surface area contributed by atoms with Crippen LogP contribution in [0.1, 0.15) is 32.5 Å². The first kappa shape index (κ1) is 18.5. The molecule has 138 valence electrons. The first-order valence-electron chi connectivity index (χ1n) is 8.61. The molecule has 0 spiro atoms. The highest BCUT2D eigenvalue weighted by molar-refractivity contribution is 5.98. The maximum atomic E-state index is 13.0. The van der Waals surface area contributed by atoms with Crippen molar-refractivity contribution in [3.8, 4) is 11.5 Å². The molecule has 0 N–H and O–H groups in total. The molecule has 0 atom stereocenters. The smallest absolute Gasteiger partial charge is 0.229 e. The van der Waals surface area contributed by atoms with Crippen molar-refractivity contribution in [2.75, 3.05) is 4.90 Å². The molecule has 0 unspecified atom stereocenters. The van der Waals surface area contributed by atoms with Gasteiger partial charge in [-0.1, -0.05) is 13.8 Å². The third-order valence-corrected chi connectivity index (χ3v) is 3.86. The van der Waals surface area contributed by atoms with Crippen LogP contribution in [0.2, 0.25) is 0 Å². The average molecular weight is 365 g/mol. The number of benzene rings is 2. The van der Waals surface area contributed by atoms with Gasteiger partial charge in [-0.15, -0.1) is 0 Å². The fourth-order valence-corrected chi connectivity index (χ4v) is 2.54. The Labute approximate surface area is 157 Å². The molecular formula is C21H20FN3O2. The molecule has 0 saturated carbocycles. The Morgan fingerprint density at radius 3 is 2.15 bits per heavy atom. The second-order valence-electron chi connectivity index (χ2n) is 6.33. The van der Waals surface area contributed by atoms with Crippen LogP contribution in [0.4, 0.5) is 15.9 Å². The van der Waals surface area contributed by atoms with E-state index in [-0.39, 0.29) is 17.6 Å². The van der Waals surface area contributed by atoms with Crippen LogP contribution in [0.3, 0.4) is 0 Å². The van der Waals surface area contributed by atoms with E-state index in [1.165, 1.54) is 24.0 Å². The van der Waals surface area contributed by atoms with Crippen LogP contribution in [0.15, 0.2) is 60.8 Å². The number of hydrogen-bond acceptors (Lipinski definition) is 4. The summed E-state index contributed by atoms with van der Waals surface area (Å²) >= 11 is 0. The second-order valence-corrected chi connectivity index (χ2v) is 6.33. The van der Waals surface area contributed by atoms with E-state index in [1.807, 2.05) is 13.8 Å². The van der Waals surface area contributed by atoms with Gasteiger partial charge >= 0.3 is 0 Å². The predicted molar refractivity (Wildman–Crippen MR) is 102 cm³/mol. The quantitative estimate of drug-likeness (QED) is 0.622. The molecule has 0 aliphatic heterocycles. The van der Waals surface area contributed by atoms with E-state index in [4.69, 9.17) is 4.74 Å². The number of hydrogen-bond donors (Lipinski definition) is 0. The fraction of sp³-hybridized carbons (Fsp3) is 0.190. The summed E-state index contributed by atoms with van der Waals surface area (Å²) < 4.78 is 18.7. The van der Waals surface area contributed by atoms with Gasteiger partial charge in [0.15, 0.2) is 0 Å². The second kappa shape index (κ2) is 7.95. The van der Waals surface area contributed by atoms with Crippen LogP contribution in [-0.2, 0) is 4.79 Å². The van der Waals surface area contributed by atoms with Gasteiger partial charge < -0.3 is 4.74 Å². The number of nitrogens with zero attached hydrogens (tertiary/aromatic N) is 3. The highest BCUT2D eigenvalue weighted by Crippen LogP contribution is 2.28. The van der Waals surface area contributed by atoms with Crippen LogP contribution in [-0.4, -0.2) is 15.9 Å². The van der Waals surface area contributed by atoms with Crippen LogP contribution < -0.4 is 9.64 Å². The maximum absolute atomic E-state index is 13.0. The first-order valence-corrected chi connectivity index (χ1v) is 8.61. The van der Waals surface area contributed by atoms with Gasteiger partial charge in [-0.05, 0) is 54.6 Å². The Morgan fingerprint density at radius 1 is 1.00 bits per heavy atom. The SMILES string of the molecule is CC(=O)N(c1ccc(Oc2ccc(F)cc2)cc1)c1ccnc(C(C)C)n1. The number of ether oxygens (including phenoxy) is 1. The summed E-state index contributed by atoms with van der Waals surface area (Å²) in [5, 5.41) is 0. The summed E-state index contributed by atoms with van der Waals surface area (Å²) in [6, 6.07) is 14.5. The van der Waals surface area contributed by atoms with Crippen molar-refractivity contribution in [1.29, 1.82) is 0 Å². The van der Waals surface area contributed by atoms with E-state index in [0.717, 1.165) is 0 Å². The molecule has 0 radical (unpaired) electrons. The number of amides is 1. The van der Waals surface area contributed by atoms with Gasteiger partial charge in [0.2, 0.25) is 5.91 Å². The maximum Gasteiger partial charge on any atom is 0.229 e. The van der Waals surface area contributed by atoms with E-state index < -0.39 is 0 Å². The molecule has 5 nitrogen and oxygen atoms in total. The lowest BCUT2D eigenvalue weighted by molar-refractivity contribution is -0.115. The highest BCUT2D eigenvalue weighted by atomic mass is 19.1. The predicted octanol–water partition coefficient (Wildman–Crippen LogP) is 5.22. The van der Waals surface area contributed by atoms with Crippen molar-refractivity contribution < 1.29 is 13.9 Å². The van der Waals surface area contributed by atoms with Crippen molar-refractivity contribution in [2.24, 2.45) is 0 Å². The van der Waals surface area contributed by atoms with Crippen molar-refractivity contribution >= 4 is 17.4 Å². The van der Waals surface area contributed by atoms with Crippen LogP contribution >= 0.6 is 0 Å². The molecule has 0 aliphatic rings. The summed E-state index contributed by atoms with van der Waals surface area (Å²) in [4.78, 5) is 22.5. The summed E-state index contributed by atoms with van der Waals surface area (Å²) in [7, 11) is 0. The summed E-state index contributed by atoms with van der Waals surface area (Å²) in [5.41, 5.74) is 0.669. The Bertz CT molecular complexity index is 925. The molecule has 3 rings (SSSR count). The zero-order valence-electron chi connectivity index (χ0n) is 15.4. The monoisotopic (exact) mass is 365 g/mol. The molecule has 0 saturated heterocycles. The number of carbonyl (C=O) groups is 1.